The Morgan fingerprint density at radius 2 is 1.39 bits per heavy atom. The molecule has 0 aliphatic carbocycles. The predicted octanol–water partition coefficient (Wildman–Crippen LogP) is -0.951. The second kappa shape index (κ2) is 4.81. The van der Waals surface area contributed by atoms with Gasteiger partial charge in [0.2, 0.25) is 0 Å². The summed E-state index contributed by atoms with van der Waals surface area (Å²) in [6.45, 7) is 0. The summed E-state index contributed by atoms with van der Waals surface area (Å²) < 4.78 is 29.2. The van der Waals surface area contributed by atoms with Crippen molar-refractivity contribution < 1.29 is 21.7 Å². The quantitative estimate of drug-likeness (QED) is 0.674. The maximum Gasteiger partial charge on any atom is 0.472 e. The first-order valence-corrected chi connectivity index (χ1v) is 6.29. The van der Waals surface area contributed by atoms with Crippen molar-refractivity contribution in [2.24, 2.45) is 28.2 Å². The summed E-state index contributed by atoms with van der Waals surface area (Å²) in [5.41, 5.74) is 0. The lowest BCUT2D eigenvalue weighted by atomic mass is 10.9. The third-order valence-corrected chi connectivity index (χ3v) is 3.09. The highest BCUT2D eigenvalue weighted by Crippen LogP contribution is 2.08. The maximum absolute atomic E-state index is 11.8. The molecule has 0 saturated heterocycles. The van der Waals surface area contributed by atoms with Crippen molar-refractivity contribution in [1.82, 2.24) is 9.13 Å². The Bertz CT molecular complexity index is 501. The van der Waals surface area contributed by atoms with Crippen LogP contribution in [0.5, 0.6) is 12.0 Å². The molecule has 7 nitrogen and oxygen atoms in total. The van der Waals surface area contributed by atoms with E-state index < -0.39 is 11.4 Å². The van der Waals surface area contributed by atoms with Crippen LogP contribution in [0.3, 0.4) is 0 Å². The van der Waals surface area contributed by atoms with Gasteiger partial charge in [0.1, 0.15) is 24.8 Å². The first kappa shape index (κ1) is 12.6. The molecule has 2 heterocycles. The maximum atomic E-state index is 11.8. The molecular weight excluding hydrogens is 256 g/mol. The monoisotopic (exact) mass is 272 g/mol. The van der Waals surface area contributed by atoms with Gasteiger partial charge in [-0.25, -0.2) is 0 Å². The molecule has 2 aromatic rings. The number of imidazole rings is 2. The summed E-state index contributed by atoms with van der Waals surface area (Å²) in [4.78, 5) is 0. The van der Waals surface area contributed by atoms with Gasteiger partial charge in [0.15, 0.2) is 0 Å². The van der Waals surface area contributed by atoms with Crippen molar-refractivity contribution >= 4 is 11.4 Å². The molecule has 0 saturated carbocycles. The van der Waals surface area contributed by atoms with Crippen LogP contribution in [0.1, 0.15) is 0 Å². The number of hydrogen-bond acceptors (Lipinski definition) is 3. The summed E-state index contributed by atoms with van der Waals surface area (Å²) in [5.74, 6) is 0. The van der Waals surface area contributed by atoms with Crippen LogP contribution in [0.4, 0.5) is 0 Å². The molecule has 0 fully saturated rings. The zero-order chi connectivity index (χ0) is 13.3. The van der Waals surface area contributed by atoms with Crippen LogP contribution in [-0.2, 0) is 39.6 Å². The minimum atomic E-state index is -1.90. The van der Waals surface area contributed by atoms with Crippen LogP contribution >= 0.6 is 0 Å². The topological polar surface area (TPSA) is 53.2 Å². The van der Waals surface area contributed by atoms with E-state index in [-0.39, 0.29) is 0 Å². The first-order valence-electron chi connectivity index (χ1n) is 5.29. The van der Waals surface area contributed by atoms with E-state index in [0.717, 1.165) is 0 Å². The number of nitrogens with zero attached hydrogens (tertiary/aromatic N) is 4. The van der Waals surface area contributed by atoms with E-state index in [0.29, 0.717) is 12.0 Å². The number of rotatable bonds is 4. The van der Waals surface area contributed by atoms with E-state index in [4.69, 9.17) is 8.37 Å². The summed E-state index contributed by atoms with van der Waals surface area (Å²) in [5, 5.41) is 0. The average Bonchev–Trinajstić information content (AvgIpc) is 2.79. The molecule has 8 heteroatoms. The fourth-order valence-corrected chi connectivity index (χ4v) is 2.27. The number of aryl methyl sites for hydroxylation is 4. The Morgan fingerprint density at radius 1 is 1.00 bits per heavy atom. The van der Waals surface area contributed by atoms with Crippen molar-refractivity contribution in [2.45, 2.75) is 0 Å². The van der Waals surface area contributed by atoms with E-state index in [1.54, 1.807) is 71.2 Å². The van der Waals surface area contributed by atoms with Gasteiger partial charge < -0.3 is 0 Å². The predicted molar refractivity (Wildman–Crippen MR) is 62.6 cm³/mol. The fourth-order valence-electron chi connectivity index (χ4n) is 1.53. The fraction of sp³-hybridized carbons (Fsp3) is 0.400. The van der Waals surface area contributed by atoms with Gasteiger partial charge in [-0.1, -0.05) is 0 Å². The van der Waals surface area contributed by atoms with Gasteiger partial charge in [-0.05, 0) is 0 Å². The molecule has 98 valence electrons. The zero-order valence-electron chi connectivity index (χ0n) is 10.7. The molecule has 2 aromatic heterocycles. The second-order valence-corrected chi connectivity index (χ2v) is 4.72. The molecule has 0 spiro atoms. The Morgan fingerprint density at radius 3 is 1.67 bits per heavy atom. The SMILES string of the molecule is Cn1cc[n+](C)c1OS(=O)Oc1n(C)cc[n+]1C. The lowest BCUT2D eigenvalue weighted by molar-refractivity contribution is -0.675. The van der Waals surface area contributed by atoms with Gasteiger partial charge in [0.05, 0.1) is 28.2 Å². The molecule has 0 unspecified atom stereocenters. The summed E-state index contributed by atoms with van der Waals surface area (Å²) in [6, 6.07) is 0.899. The average molecular weight is 272 g/mol. The van der Waals surface area contributed by atoms with E-state index in [1.807, 2.05) is 0 Å². The van der Waals surface area contributed by atoms with E-state index in [2.05, 4.69) is 0 Å². The standard InChI is InChI=1S/C10H16N4O3S/c1-11-5-6-12(2)9(11)16-18(15)17-10-13(3)7-8-14(10)4/h5-8H,1-4H3/q+2. The molecule has 0 atom stereocenters. The third-order valence-electron chi connectivity index (χ3n) is 2.52. The number of aromatic nitrogens is 4. The Balaban J connectivity index is 2.10. The highest BCUT2D eigenvalue weighted by atomic mass is 32.2. The molecule has 0 aliphatic rings. The van der Waals surface area contributed by atoms with Crippen LogP contribution in [0.25, 0.3) is 0 Å². The summed E-state index contributed by atoms with van der Waals surface area (Å²) in [6.07, 6.45) is 7.20. The highest BCUT2D eigenvalue weighted by Gasteiger charge is 2.23. The zero-order valence-corrected chi connectivity index (χ0v) is 11.5. The van der Waals surface area contributed by atoms with Gasteiger partial charge >= 0.3 is 23.4 Å². The van der Waals surface area contributed by atoms with Crippen molar-refractivity contribution in [3.8, 4) is 12.0 Å². The van der Waals surface area contributed by atoms with E-state index in [9.17, 15) is 4.21 Å². The third kappa shape index (κ3) is 2.37. The Labute approximate surface area is 108 Å². The molecule has 0 radical (unpaired) electrons. The van der Waals surface area contributed by atoms with Crippen LogP contribution < -0.4 is 17.5 Å². The van der Waals surface area contributed by atoms with Crippen LogP contribution in [0, 0.1) is 0 Å². The molecule has 0 aromatic carbocycles. The lowest BCUT2D eigenvalue weighted by Gasteiger charge is -2.01. The molecular formula is C10H16N4O3S+2. The molecule has 0 aliphatic heterocycles. The van der Waals surface area contributed by atoms with Gasteiger partial charge in [0, 0.05) is 0 Å². The van der Waals surface area contributed by atoms with Crippen LogP contribution in [0.2, 0.25) is 0 Å². The first-order chi connectivity index (χ1) is 8.49. The van der Waals surface area contributed by atoms with Crippen LogP contribution in [0.15, 0.2) is 24.8 Å². The Hall–Kier alpha value is -1.83. The smallest absolute Gasteiger partial charge is 0.296 e. The van der Waals surface area contributed by atoms with Crippen LogP contribution in [-0.4, -0.2) is 13.3 Å². The molecule has 0 N–H and O–H groups in total. The molecule has 0 amide bonds. The van der Waals surface area contributed by atoms with Crippen molar-refractivity contribution in [2.75, 3.05) is 0 Å². The normalized spacial score (nSPS) is 10.9. The summed E-state index contributed by atoms with van der Waals surface area (Å²) in [7, 11) is 7.20. The van der Waals surface area contributed by atoms with Crippen molar-refractivity contribution in [3.63, 3.8) is 0 Å². The molecule has 18 heavy (non-hydrogen) atoms. The largest absolute Gasteiger partial charge is 0.472 e. The molecule has 2 rings (SSSR count). The van der Waals surface area contributed by atoms with Gasteiger partial charge in [-0.15, -0.1) is 0 Å². The van der Waals surface area contributed by atoms with Crippen molar-refractivity contribution in [1.29, 1.82) is 0 Å². The van der Waals surface area contributed by atoms with Gasteiger partial charge in [-0.2, -0.15) is 22.5 Å². The second-order valence-electron chi connectivity index (χ2n) is 3.98. The number of hydrogen-bond donors (Lipinski definition) is 0. The Kier molecular flexibility index (Phi) is 3.37. The van der Waals surface area contributed by atoms with Gasteiger partial charge in [-0.3, -0.25) is 8.37 Å². The van der Waals surface area contributed by atoms with Gasteiger partial charge in [0.25, 0.3) is 0 Å². The minimum Gasteiger partial charge on any atom is -0.296 e. The molecule has 0 bridgehead atoms. The van der Waals surface area contributed by atoms with E-state index in [1.165, 1.54) is 0 Å². The lowest BCUT2D eigenvalue weighted by Crippen LogP contribution is -2.33. The minimum absolute atomic E-state index is 0.449. The summed E-state index contributed by atoms with van der Waals surface area (Å²) >= 11 is -1.90. The van der Waals surface area contributed by atoms with E-state index >= 15 is 0 Å². The highest BCUT2D eigenvalue weighted by molar-refractivity contribution is 7.75. The van der Waals surface area contributed by atoms with Crippen molar-refractivity contribution in [3.05, 3.63) is 24.8 Å².